The Morgan fingerprint density at radius 3 is 2.83 bits per heavy atom. The molecule has 0 aromatic heterocycles. The Balaban J connectivity index is 2.27. The van der Waals surface area contributed by atoms with E-state index in [-0.39, 0.29) is 0 Å². The van der Waals surface area contributed by atoms with E-state index in [9.17, 15) is 10.1 Å². The van der Waals surface area contributed by atoms with Crippen molar-refractivity contribution in [1.29, 1.82) is 5.26 Å². The van der Waals surface area contributed by atoms with E-state index in [4.69, 9.17) is 0 Å². The highest BCUT2D eigenvalue weighted by molar-refractivity contribution is 5.78. The Bertz CT molecular complexity index is 472. The second-order valence-electron chi connectivity index (χ2n) is 4.90. The zero-order chi connectivity index (χ0) is 13.0. The third kappa shape index (κ3) is 2.89. The smallest absolute Gasteiger partial charge is 0.150 e. The number of hydrogen-bond donors (Lipinski definition) is 0. The average Bonchev–Trinajstić information content (AvgIpc) is 3.21. The molecule has 1 aromatic rings. The molecule has 3 nitrogen and oxygen atoms in total. The number of carbonyl (C=O) groups excluding carboxylic acids is 1. The molecule has 1 aromatic carbocycles. The molecular weight excluding hydrogens is 224 g/mol. The molecule has 0 N–H and O–H groups in total. The van der Waals surface area contributed by atoms with Gasteiger partial charge < -0.3 is 4.90 Å². The number of carbonyl (C=O) groups is 1. The summed E-state index contributed by atoms with van der Waals surface area (Å²) in [6.45, 7) is 4.14. The van der Waals surface area contributed by atoms with E-state index >= 15 is 0 Å². The van der Waals surface area contributed by atoms with Gasteiger partial charge in [0.1, 0.15) is 12.4 Å². The van der Waals surface area contributed by atoms with Crippen LogP contribution in [0, 0.1) is 17.2 Å². The molecule has 1 fully saturated rings. The molecule has 3 heteroatoms. The van der Waals surface area contributed by atoms with Crippen molar-refractivity contribution in [3.05, 3.63) is 29.3 Å². The Kier molecular flexibility index (Phi) is 3.99. The average molecular weight is 242 g/mol. The van der Waals surface area contributed by atoms with Gasteiger partial charge in [-0.2, -0.15) is 5.26 Å². The number of nitrogens with zero attached hydrogens (tertiary/aromatic N) is 2. The minimum absolute atomic E-state index is 0.568. The van der Waals surface area contributed by atoms with Crippen molar-refractivity contribution in [3.8, 4) is 6.07 Å². The summed E-state index contributed by atoms with van der Waals surface area (Å²) in [5.74, 6) is 0.786. The zero-order valence-corrected chi connectivity index (χ0v) is 10.7. The predicted octanol–water partition coefficient (Wildman–Crippen LogP) is 3.00. The van der Waals surface area contributed by atoms with E-state index in [0.29, 0.717) is 11.1 Å². The maximum atomic E-state index is 10.7. The molecule has 0 spiro atoms. The van der Waals surface area contributed by atoms with E-state index in [1.165, 1.54) is 12.8 Å². The number of benzene rings is 1. The minimum atomic E-state index is 0.568. The van der Waals surface area contributed by atoms with Gasteiger partial charge in [-0.1, -0.05) is 6.92 Å². The van der Waals surface area contributed by atoms with Crippen molar-refractivity contribution in [3.63, 3.8) is 0 Å². The summed E-state index contributed by atoms with van der Waals surface area (Å²) in [6.07, 6.45) is 4.45. The topological polar surface area (TPSA) is 44.1 Å². The standard InChI is InChI=1S/C15H18N2O/c1-2-7-17(10-12-3-4-12)15-6-5-13(11-18)8-14(15)9-16/h5-6,8,11-12H,2-4,7,10H2,1H3. The Morgan fingerprint density at radius 1 is 1.50 bits per heavy atom. The lowest BCUT2D eigenvalue weighted by Gasteiger charge is -2.25. The third-order valence-corrected chi connectivity index (χ3v) is 3.29. The van der Waals surface area contributed by atoms with Crippen LogP contribution in [0.1, 0.15) is 42.1 Å². The van der Waals surface area contributed by atoms with Gasteiger partial charge in [-0.3, -0.25) is 4.79 Å². The lowest BCUT2D eigenvalue weighted by atomic mass is 10.1. The second kappa shape index (κ2) is 5.68. The quantitative estimate of drug-likeness (QED) is 0.720. The summed E-state index contributed by atoms with van der Waals surface area (Å²) < 4.78 is 0. The molecule has 18 heavy (non-hydrogen) atoms. The monoisotopic (exact) mass is 242 g/mol. The van der Waals surface area contributed by atoms with Crippen LogP contribution in [0.15, 0.2) is 18.2 Å². The number of aldehydes is 1. The fraction of sp³-hybridized carbons (Fsp3) is 0.467. The fourth-order valence-corrected chi connectivity index (χ4v) is 2.18. The zero-order valence-electron chi connectivity index (χ0n) is 10.7. The molecule has 0 heterocycles. The molecular formula is C15H18N2O. The van der Waals surface area contributed by atoms with E-state index in [1.54, 1.807) is 12.1 Å². The Labute approximate surface area is 108 Å². The lowest BCUT2D eigenvalue weighted by Crippen LogP contribution is -2.27. The Morgan fingerprint density at radius 2 is 2.28 bits per heavy atom. The van der Waals surface area contributed by atoms with Crippen LogP contribution in [0.4, 0.5) is 5.69 Å². The van der Waals surface area contributed by atoms with Gasteiger partial charge in [0.25, 0.3) is 0 Å². The summed E-state index contributed by atoms with van der Waals surface area (Å²) in [7, 11) is 0. The number of rotatable bonds is 6. The van der Waals surface area contributed by atoms with Gasteiger partial charge in [-0.05, 0) is 43.4 Å². The molecule has 0 radical (unpaired) electrons. The number of anilines is 1. The third-order valence-electron chi connectivity index (χ3n) is 3.29. The first-order valence-corrected chi connectivity index (χ1v) is 6.52. The van der Waals surface area contributed by atoms with Crippen LogP contribution in [0.3, 0.4) is 0 Å². The highest BCUT2D eigenvalue weighted by atomic mass is 16.1. The number of hydrogen-bond acceptors (Lipinski definition) is 3. The van der Waals surface area contributed by atoms with Gasteiger partial charge in [-0.25, -0.2) is 0 Å². The molecule has 0 atom stereocenters. The van der Waals surface area contributed by atoms with Crippen LogP contribution >= 0.6 is 0 Å². The summed E-state index contributed by atoms with van der Waals surface area (Å²) in [5, 5.41) is 9.21. The van der Waals surface area contributed by atoms with Crippen molar-refractivity contribution in [2.75, 3.05) is 18.0 Å². The predicted molar refractivity (Wildman–Crippen MR) is 71.8 cm³/mol. The first-order valence-electron chi connectivity index (χ1n) is 6.52. The lowest BCUT2D eigenvalue weighted by molar-refractivity contribution is 0.112. The van der Waals surface area contributed by atoms with E-state index in [1.807, 2.05) is 6.07 Å². The van der Waals surface area contributed by atoms with Gasteiger partial charge >= 0.3 is 0 Å². The molecule has 0 aliphatic heterocycles. The van der Waals surface area contributed by atoms with Crippen LogP contribution in [-0.2, 0) is 0 Å². The molecule has 0 saturated heterocycles. The highest BCUT2D eigenvalue weighted by Crippen LogP contribution is 2.32. The molecule has 1 aliphatic rings. The van der Waals surface area contributed by atoms with Gasteiger partial charge in [0.05, 0.1) is 11.3 Å². The first-order chi connectivity index (χ1) is 8.78. The normalized spacial score (nSPS) is 14.0. The minimum Gasteiger partial charge on any atom is -0.370 e. The maximum absolute atomic E-state index is 10.7. The molecule has 94 valence electrons. The summed E-state index contributed by atoms with van der Waals surface area (Å²) in [6, 6.07) is 7.57. The van der Waals surface area contributed by atoms with Crippen LogP contribution < -0.4 is 4.90 Å². The van der Waals surface area contributed by atoms with Crippen LogP contribution in [-0.4, -0.2) is 19.4 Å². The van der Waals surface area contributed by atoms with Gasteiger partial charge in [0.15, 0.2) is 0 Å². The van der Waals surface area contributed by atoms with Crippen LogP contribution in [0.2, 0.25) is 0 Å². The van der Waals surface area contributed by atoms with E-state index in [2.05, 4.69) is 17.9 Å². The van der Waals surface area contributed by atoms with E-state index < -0.39 is 0 Å². The molecule has 0 unspecified atom stereocenters. The number of nitriles is 1. The van der Waals surface area contributed by atoms with E-state index in [0.717, 1.165) is 37.4 Å². The summed E-state index contributed by atoms with van der Waals surface area (Å²) >= 11 is 0. The van der Waals surface area contributed by atoms with Crippen molar-refractivity contribution in [2.24, 2.45) is 5.92 Å². The second-order valence-corrected chi connectivity index (χ2v) is 4.90. The van der Waals surface area contributed by atoms with Crippen molar-refractivity contribution >= 4 is 12.0 Å². The molecule has 0 amide bonds. The maximum Gasteiger partial charge on any atom is 0.150 e. The SMILES string of the molecule is CCCN(CC1CC1)c1ccc(C=O)cc1C#N. The molecule has 1 aliphatic carbocycles. The first kappa shape index (κ1) is 12.6. The van der Waals surface area contributed by atoms with Gasteiger partial charge in [0.2, 0.25) is 0 Å². The van der Waals surface area contributed by atoms with Gasteiger partial charge in [-0.15, -0.1) is 0 Å². The van der Waals surface area contributed by atoms with Gasteiger partial charge in [0, 0.05) is 18.7 Å². The molecule has 1 saturated carbocycles. The molecule has 0 bridgehead atoms. The Hall–Kier alpha value is -1.82. The summed E-state index contributed by atoms with van der Waals surface area (Å²) in [4.78, 5) is 13.0. The van der Waals surface area contributed by atoms with Crippen molar-refractivity contribution in [2.45, 2.75) is 26.2 Å². The largest absolute Gasteiger partial charge is 0.370 e. The fourth-order valence-electron chi connectivity index (χ4n) is 2.18. The highest BCUT2D eigenvalue weighted by Gasteiger charge is 2.25. The van der Waals surface area contributed by atoms with Crippen molar-refractivity contribution < 1.29 is 4.79 Å². The van der Waals surface area contributed by atoms with Crippen LogP contribution in [0.25, 0.3) is 0 Å². The van der Waals surface area contributed by atoms with Crippen molar-refractivity contribution in [1.82, 2.24) is 0 Å². The molecule has 2 rings (SSSR count). The summed E-state index contributed by atoms with van der Waals surface area (Å²) in [5.41, 5.74) is 2.14. The van der Waals surface area contributed by atoms with Crippen LogP contribution in [0.5, 0.6) is 0 Å².